The molecule has 1 fully saturated rings. The van der Waals surface area contributed by atoms with Crippen LogP contribution in [0.2, 0.25) is 0 Å². The zero-order valence-corrected chi connectivity index (χ0v) is 20.0. The number of rotatable bonds is 7. The Bertz CT molecular complexity index is 1050. The van der Waals surface area contributed by atoms with Gasteiger partial charge in [0.15, 0.2) is 0 Å². The van der Waals surface area contributed by atoms with Crippen molar-refractivity contribution in [2.45, 2.75) is 39.8 Å². The van der Waals surface area contributed by atoms with Gasteiger partial charge in [-0.25, -0.2) is 9.97 Å². The Kier molecular flexibility index (Phi) is 6.74. The van der Waals surface area contributed by atoms with Crippen LogP contribution in [0.15, 0.2) is 24.3 Å². The highest BCUT2D eigenvalue weighted by Crippen LogP contribution is 2.36. The van der Waals surface area contributed by atoms with Crippen LogP contribution >= 0.6 is 11.3 Å². The number of hydrogen-bond donors (Lipinski definition) is 0. The van der Waals surface area contributed by atoms with Crippen molar-refractivity contribution in [3.05, 3.63) is 46.1 Å². The maximum Gasteiger partial charge on any atom is 0.146 e. The first-order valence-corrected chi connectivity index (χ1v) is 11.7. The second-order valence-corrected chi connectivity index (χ2v) is 9.49. The van der Waals surface area contributed by atoms with Crippen LogP contribution in [0.1, 0.15) is 28.8 Å². The van der Waals surface area contributed by atoms with E-state index in [0.717, 1.165) is 61.5 Å². The first-order chi connectivity index (χ1) is 15.0. The van der Waals surface area contributed by atoms with E-state index in [1.54, 1.807) is 18.4 Å². The molecule has 6 nitrogen and oxygen atoms in total. The Morgan fingerprint density at radius 2 is 1.94 bits per heavy atom. The first kappa shape index (κ1) is 22.0. The molecule has 1 aliphatic heterocycles. The highest BCUT2D eigenvalue weighted by atomic mass is 32.1. The number of thiophene rings is 1. The molecule has 7 heteroatoms. The second-order valence-electron chi connectivity index (χ2n) is 8.29. The number of hydrogen-bond acceptors (Lipinski definition) is 7. The summed E-state index contributed by atoms with van der Waals surface area (Å²) in [6.07, 6.45) is 0.882. The number of aromatic nitrogens is 2. The standard InChI is InChI=1S/C24H32N4O2S/c1-16(14-19-8-6-7-9-20(19)29-5)27(4)23-22-17(2)18(3)31-24(22)26-21(25-23)15-28-10-12-30-13-11-28/h6-9,16H,10-15H2,1-5H3. The Morgan fingerprint density at radius 3 is 2.68 bits per heavy atom. The molecule has 0 saturated carbocycles. The number of morpholine rings is 1. The molecule has 1 unspecified atom stereocenters. The van der Waals surface area contributed by atoms with Crippen molar-refractivity contribution >= 4 is 27.4 Å². The van der Waals surface area contributed by atoms with Gasteiger partial charge in [0.25, 0.3) is 0 Å². The topological polar surface area (TPSA) is 50.7 Å². The van der Waals surface area contributed by atoms with Gasteiger partial charge in [-0.3, -0.25) is 4.90 Å². The minimum Gasteiger partial charge on any atom is -0.496 e. The van der Waals surface area contributed by atoms with Gasteiger partial charge in [-0.15, -0.1) is 11.3 Å². The van der Waals surface area contributed by atoms with Crippen LogP contribution in [0.4, 0.5) is 5.82 Å². The van der Waals surface area contributed by atoms with Crippen LogP contribution in [0.25, 0.3) is 10.2 Å². The Labute approximate surface area is 188 Å². The van der Waals surface area contributed by atoms with Crippen molar-refractivity contribution in [2.75, 3.05) is 45.4 Å². The van der Waals surface area contributed by atoms with Gasteiger partial charge in [-0.1, -0.05) is 18.2 Å². The molecule has 1 saturated heterocycles. The van der Waals surface area contributed by atoms with Gasteiger partial charge >= 0.3 is 0 Å². The summed E-state index contributed by atoms with van der Waals surface area (Å²) in [6, 6.07) is 8.51. The quantitative estimate of drug-likeness (QED) is 0.548. The SMILES string of the molecule is COc1ccccc1CC(C)N(C)c1nc(CN2CCOCC2)nc2sc(C)c(C)c12. The van der Waals surface area contributed by atoms with Crippen molar-refractivity contribution < 1.29 is 9.47 Å². The van der Waals surface area contributed by atoms with Gasteiger partial charge < -0.3 is 14.4 Å². The van der Waals surface area contributed by atoms with Crippen LogP contribution in [0, 0.1) is 13.8 Å². The third-order valence-electron chi connectivity index (χ3n) is 6.23. The molecule has 31 heavy (non-hydrogen) atoms. The van der Waals surface area contributed by atoms with Crippen molar-refractivity contribution in [2.24, 2.45) is 0 Å². The zero-order valence-electron chi connectivity index (χ0n) is 19.1. The lowest BCUT2D eigenvalue weighted by Gasteiger charge is -2.29. The summed E-state index contributed by atoms with van der Waals surface area (Å²) in [7, 11) is 3.88. The molecule has 3 heterocycles. The fourth-order valence-electron chi connectivity index (χ4n) is 4.09. The lowest BCUT2D eigenvalue weighted by molar-refractivity contribution is 0.0331. The number of anilines is 1. The smallest absolute Gasteiger partial charge is 0.146 e. The molecule has 1 atom stereocenters. The van der Waals surface area contributed by atoms with E-state index >= 15 is 0 Å². The van der Waals surface area contributed by atoms with Crippen LogP contribution in [-0.4, -0.2) is 61.4 Å². The van der Waals surface area contributed by atoms with Gasteiger partial charge in [0.2, 0.25) is 0 Å². The van der Waals surface area contributed by atoms with E-state index < -0.39 is 0 Å². The number of methoxy groups -OCH3 is 1. The highest BCUT2D eigenvalue weighted by Gasteiger charge is 2.22. The average molecular weight is 441 g/mol. The Morgan fingerprint density at radius 1 is 1.19 bits per heavy atom. The number of benzene rings is 1. The third-order valence-corrected chi connectivity index (χ3v) is 7.33. The zero-order chi connectivity index (χ0) is 22.0. The summed E-state index contributed by atoms with van der Waals surface area (Å²) in [5.74, 6) is 2.85. The Hall–Kier alpha value is -2.22. The van der Waals surface area contributed by atoms with E-state index in [4.69, 9.17) is 19.4 Å². The maximum atomic E-state index is 5.57. The van der Waals surface area contributed by atoms with Crippen molar-refractivity contribution in [3.63, 3.8) is 0 Å². The molecule has 3 aromatic rings. The number of aryl methyl sites for hydroxylation is 2. The summed E-state index contributed by atoms with van der Waals surface area (Å²) in [5.41, 5.74) is 2.49. The molecule has 0 spiro atoms. The molecule has 0 aliphatic carbocycles. The lowest BCUT2D eigenvalue weighted by atomic mass is 10.0. The number of likely N-dealkylation sites (N-methyl/N-ethyl adjacent to an activating group) is 1. The fourth-order valence-corrected chi connectivity index (χ4v) is 5.13. The minimum absolute atomic E-state index is 0.255. The molecule has 4 rings (SSSR count). The van der Waals surface area contributed by atoms with Gasteiger partial charge in [0, 0.05) is 31.1 Å². The average Bonchev–Trinajstić information content (AvgIpc) is 3.07. The van der Waals surface area contributed by atoms with Crippen LogP contribution < -0.4 is 9.64 Å². The molecule has 0 amide bonds. The predicted molar refractivity (Wildman–Crippen MR) is 128 cm³/mol. The monoisotopic (exact) mass is 440 g/mol. The summed E-state index contributed by atoms with van der Waals surface area (Å²) in [4.78, 5) is 17.1. The van der Waals surface area contributed by atoms with Gasteiger partial charge in [-0.2, -0.15) is 0 Å². The van der Waals surface area contributed by atoms with Crippen molar-refractivity contribution in [3.8, 4) is 5.75 Å². The number of fused-ring (bicyclic) bond motifs is 1. The van der Waals surface area contributed by atoms with Crippen molar-refractivity contribution in [1.82, 2.24) is 14.9 Å². The molecule has 166 valence electrons. The van der Waals surface area contributed by atoms with E-state index in [9.17, 15) is 0 Å². The van der Waals surface area contributed by atoms with E-state index in [0.29, 0.717) is 0 Å². The summed E-state index contributed by atoms with van der Waals surface area (Å²) in [6.45, 7) is 10.8. The normalized spacial score (nSPS) is 15.9. The predicted octanol–water partition coefficient (Wildman–Crippen LogP) is 4.22. The van der Waals surface area contributed by atoms with Crippen molar-refractivity contribution in [1.29, 1.82) is 0 Å². The molecule has 0 radical (unpaired) electrons. The molecule has 1 aliphatic rings. The highest BCUT2D eigenvalue weighted by molar-refractivity contribution is 7.18. The first-order valence-electron chi connectivity index (χ1n) is 10.9. The van der Waals surface area contributed by atoms with Gasteiger partial charge in [-0.05, 0) is 44.4 Å². The summed E-state index contributed by atoms with van der Waals surface area (Å²) in [5, 5.41) is 1.18. The van der Waals surface area contributed by atoms with Crippen LogP contribution in [-0.2, 0) is 17.7 Å². The van der Waals surface area contributed by atoms with E-state index in [2.05, 4.69) is 49.8 Å². The van der Waals surface area contributed by atoms with E-state index in [-0.39, 0.29) is 6.04 Å². The van der Waals surface area contributed by atoms with E-state index in [1.807, 2.05) is 12.1 Å². The maximum absolute atomic E-state index is 5.57. The largest absolute Gasteiger partial charge is 0.496 e. The van der Waals surface area contributed by atoms with Gasteiger partial charge in [0.1, 0.15) is 22.2 Å². The molecule has 2 aromatic heterocycles. The fraction of sp³-hybridized carbons (Fsp3) is 0.500. The number of nitrogens with zero attached hydrogens (tertiary/aromatic N) is 4. The molecule has 1 aromatic carbocycles. The molecular weight excluding hydrogens is 408 g/mol. The second kappa shape index (κ2) is 9.51. The summed E-state index contributed by atoms with van der Waals surface area (Å²) < 4.78 is 11.1. The summed E-state index contributed by atoms with van der Waals surface area (Å²) >= 11 is 1.77. The van der Waals surface area contributed by atoms with E-state index in [1.165, 1.54) is 21.4 Å². The molecule has 0 N–H and O–H groups in total. The number of ether oxygens (including phenoxy) is 2. The lowest BCUT2D eigenvalue weighted by Crippen LogP contribution is -2.36. The number of para-hydroxylation sites is 1. The van der Waals surface area contributed by atoms with Crippen LogP contribution in [0.5, 0.6) is 5.75 Å². The minimum atomic E-state index is 0.255. The molecule has 0 bridgehead atoms. The molecular formula is C24H32N4O2S. The van der Waals surface area contributed by atoms with Gasteiger partial charge in [0.05, 0.1) is 32.3 Å². The third kappa shape index (κ3) is 4.68. The Balaban J connectivity index is 1.66. The van der Waals surface area contributed by atoms with Crippen LogP contribution in [0.3, 0.4) is 0 Å².